The summed E-state index contributed by atoms with van der Waals surface area (Å²) < 4.78 is 0. The molecule has 40 heavy (non-hydrogen) atoms. The summed E-state index contributed by atoms with van der Waals surface area (Å²) in [6, 6.07) is 18.9. The first-order valence-corrected chi connectivity index (χ1v) is 12.2. The second-order valence-corrected chi connectivity index (χ2v) is 8.29. The summed E-state index contributed by atoms with van der Waals surface area (Å²) in [5, 5.41) is 30.3. The average Bonchev–Trinajstić information content (AvgIpc) is 3.03. The summed E-state index contributed by atoms with van der Waals surface area (Å²) in [6.45, 7) is 0. The molecule has 4 heterocycles. The normalized spacial score (nSPS) is 10.9. The van der Waals surface area contributed by atoms with E-state index in [1.54, 1.807) is 61.4 Å². The fourth-order valence-corrected chi connectivity index (χ4v) is 3.99. The molecule has 0 saturated heterocycles. The Kier molecular flexibility index (Phi) is 7.03. The molecule has 192 valence electrons. The maximum Gasteiger partial charge on any atom is 0.162 e. The fraction of sp³-hybridized carbons (Fsp3) is 0. The summed E-state index contributed by atoms with van der Waals surface area (Å²) in [7, 11) is 0. The molecule has 0 amide bonds. The van der Waals surface area contributed by atoms with Crippen LogP contribution in [-0.2, 0) is 0 Å². The molecule has 6 rings (SSSR count). The van der Waals surface area contributed by atoms with E-state index >= 15 is 0 Å². The van der Waals surface area contributed by atoms with Gasteiger partial charge in [-0.2, -0.15) is 0 Å². The van der Waals surface area contributed by atoms with Crippen LogP contribution >= 0.6 is 0 Å². The van der Waals surface area contributed by atoms with E-state index in [2.05, 4.69) is 61.4 Å². The van der Waals surface area contributed by atoms with Gasteiger partial charge in [0.2, 0.25) is 0 Å². The molecule has 0 unspecified atom stereocenters. The average molecular weight is 525 g/mol. The van der Waals surface area contributed by atoms with Crippen molar-refractivity contribution >= 4 is 35.2 Å². The zero-order valence-electron chi connectivity index (χ0n) is 20.9. The highest BCUT2D eigenvalue weighted by Crippen LogP contribution is 2.44. The van der Waals surface area contributed by atoms with Gasteiger partial charge in [0.15, 0.2) is 23.3 Å². The molecule has 0 saturated carbocycles. The van der Waals surface area contributed by atoms with Crippen LogP contribution in [0.5, 0.6) is 0 Å². The third kappa shape index (κ3) is 5.45. The standard InChI is InChI=1S/C28H20N12/c1-2-6-19(7-3-1)8-9-20-18-21(27-29-12-4-13-30-27)24(28-31-14-5-15-32-28)26(36-23-11-17-34-40-38-23)25(20)35-22-10-16-33-39-37-22/h1-18H,(H,33,35,37)(H,34,36,38). The highest BCUT2D eigenvalue weighted by atomic mass is 15.3. The molecule has 2 N–H and O–H groups in total. The third-order valence-corrected chi connectivity index (χ3v) is 5.72. The minimum absolute atomic E-state index is 0.455. The van der Waals surface area contributed by atoms with Crippen molar-refractivity contribution in [1.29, 1.82) is 0 Å². The van der Waals surface area contributed by atoms with Gasteiger partial charge in [0.05, 0.1) is 29.3 Å². The molecule has 12 heteroatoms. The van der Waals surface area contributed by atoms with Gasteiger partial charge in [-0.05, 0) is 34.2 Å². The lowest BCUT2D eigenvalue weighted by molar-refractivity contribution is 0.869. The van der Waals surface area contributed by atoms with Gasteiger partial charge in [0.1, 0.15) is 0 Å². The number of rotatable bonds is 8. The second kappa shape index (κ2) is 11.6. The zero-order chi connectivity index (χ0) is 27.0. The largest absolute Gasteiger partial charge is 0.336 e. The number of hydrogen-bond acceptors (Lipinski definition) is 12. The monoisotopic (exact) mass is 524 g/mol. The van der Waals surface area contributed by atoms with Crippen molar-refractivity contribution in [3.8, 4) is 22.8 Å². The topological polar surface area (TPSA) is 153 Å². The summed E-state index contributed by atoms with van der Waals surface area (Å²) >= 11 is 0. The zero-order valence-corrected chi connectivity index (χ0v) is 20.9. The number of anilines is 4. The molecule has 0 aliphatic carbocycles. The van der Waals surface area contributed by atoms with Crippen LogP contribution in [-0.4, -0.2) is 50.8 Å². The molecule has 0 fully saturated rings. The quantitative estimate of drug-likeness (QED) is 0.267. The SMILES string of the molecule is C(=Cc1cc(-c2ncccn2)c(-c2ncccn2)c(Nc2ccnnn2)c1Nc1ccnnn1)c1ccccc1. The lowest BCUT2D eigenvalue weighted by atomic mass is 9.96. The van der Waals surface area contributed by atoms with Crippen LogP contribution in [0, 0.1) is 0 Å². The number of hydrogen-bond donors (Lipinski definition) is 2. The second-order valence-electron chi connectivity index (χ2n) is 8.29. The number of nitrogens with zero attached hydrogens (tertiary/aromatic N) is 10. The number of benzene rings is 2. The molecule has 0 radical (unpaired) electrons. The Morgan fingerprint density at radius 1 is 0.550 bits per heavy atom. The van der Waals surface area contributed by atoms with Crippen molar-refractivity contribution in [3.63, 3.8) is 0 Å². The van der Waals surface area contributed by atoms with E-state index in [1.807, 2.05) is 48.6 Å². The van der Waals surface area contributed by atoms with Crippen molar-refractivity contribution in [3.05, 3.63) is 109 Å². The Bertz CT molecular complexity index is 1720. The molecule has 6 aromatic rings. The predicted molar refractivity (Wildman–Crippen MR) is 150 cm³/mol. The van der Waals surface area contributed by atoms with Crippen molar-refractivity contribution in [2.45, 2.75) is 0 Å². The first-order chi connectivity index (χ1) is 19.8. The Hall–Kier alpha value is -6.04. The van der Waals surface area contributed by atoms with Gasteiger partial charge in [-0.3, -0.25) is 0 Å². The maximum atomic E-state index is 4.57. The van der Waals surface area contributed by atoms with Gasteiger partial charge >= 0.3 is 0 Å². The van der Waals surface area contributed by atoms with Gasteiger partial charge < -0.3 is 10.6 Å². The molecule has 0 aliphatic rings. The van der Waals surface area contributed by atoms with Crippen LogP contribution in [0.2, 0.25) is 0 Å². The molecular formula is C28H20N12. The van der Waals surface area contributed by atoms with Gasteiger partial charge in [0.25, 0.3) is 0 Å². The minimum Gasteiger partial charge on any atom is -0.336 e. The lowest BCUT2D eigenvalue weighted by Gasteiger charge is -2.21. The first-order valence-electron chi connectivity index (χ1n) is 12.2. The Balaban J connectivity index is 1.66. The third-order valence-electron chi connectivity index (χ3n) is 5.72. The van der Waals surface area contributed by atoms with Crippen LogP contribution in [0.15, 0.2) is 97.8 Å². The van der Waals surface area contributed by atoms with Crippen LogP contribution in [0.25, 0.3) is 34.9 Å². The van der Waals surface area contributed by atoms with Gasteiger partial charge in [-0.15, -0.1) is 20.4 Å². The molecule has 0 atom stereocenters. The molecule has 0 spiro atoms. The van der Waals surface area contributed by atoms with E-state index in [4.69, 9.17) is 0 Å². The summed E-state index contributed by atoms with van der Waals surface area (Å²) in [4.78, 5) is 18.2. The van der Waals surface area contributed by atoms with Crippen molar-refractivity contribution in [2.75, 3.05) is 10.6 Å². The van der Waals surface area contributed by atoms with Crippen LogP contribution in [0.4, 0.5) is 23.0 Å². The van der Waals surface area contributed by atoms with Gasteiger partial charge in [0, 0.05) is 48.0 Å². The van der Waals surface area contributed by atoms with E-state index in [9.17, 15) is 0 Å². The summed E-state index contributed by atoms with van der Waals surface area (Å²) in [6.07, 6.45) is 13.9. The predicted octanol–water partition coefficient (Wildman–Crippen LogP) is 4.63. The number of aromatic nitrogens is 10. The fourth-order valence-electron chi connectivity index (χ4n) is 3.99. The van der Waals surface area contributed by atoms with Crippen LogP contribution in [0.3, 0.4) is 0 Å². The van der Waals surface area contributed by atoms with E-state index in [0.29, 0.717) is 45.8 Å². The Morgan fingerprint density at radius 3 is 1.75 bits per heavy atom. The van der Waals surface area contributed by atoms with Crippen LogP contribution in [0.1, 0.15) is 11.1 Å². The van der Waals surface area contributed by atoms with Crippen LogP contribution < -0.4 is 10.6 Å². The van der Waals surface area contributed by atoms with Gasteiger partial charge in [-0.1, -0.05) is 42.5 Å². The molecule has 0 aliphatic heterocycles. The number of nitrogens with one attached hydrogen (secondary N) is 2. The van der Waals surface area contributed by atoms with E-state index < -0.39 is 0 Å². The van der Waals surface area contributed by atoms with Gasteiger partial charge in [-0.25, -0.2) is 19.9 Å². The maximum absolute atomic E-state index is 4.57. The van der Waals surface area contributed by atoms with E-state index in [1.165, 1.54) is 0 Å². The highest BCUT2D eigenvalue weighted by Gasteiger charge is 2.24. The molecule has 12 nitrogen and oxygen atoms in total. The first kappa shape index (κ1) is 24.3. The van der Waals surface area contributed by atoms with E-state index in [0.717, 1.165) is 11.1 Å². The summed E-state index contributed by atoms with van der Waals surface area (Å²) in [5.41, 5.74) is 4.44. The van der Waals surface area contributed by atoms with Crippen molar-refractivity contribution < 1.29 is 0 Å². The molecule has 2 aromatic carbocycles. The molecule has 0 bridgehead atoms. The Morgan fingerprint density at radius 2 is 1.15 bits per heavy atom. The smallest absolute Gasteiger partial charge is 0.162 e. The molecular weight excluding hydrogens is 504 g/mol. The highest BCUT2D eigenvalue weighted by molar-refractivity contribution is 6.01. The van der Waals surface area contributed by atoms with Crippen molar-refractivity contribution in [2.24, 2.45) is 0 Å². The lowest BCUT2D eigenvalue weighted by Crippen LogP contribution is -2.08. The molecule has 4 aromatic heterocycles. The van der Waals surface area contributed by atoms with E-state index in [-0.39, 0.29) is 0 Å². The van der Waals surface area contributed by atoms with Crippen molar-refractivity contribution in [1.82, 2.24) is 50.8 Å². The summed E-state index contributed by atoms with van der Waals surface area (Å²) in [5.74, 6) is 1.90. The minimum atomic E-state index is 0.455. The Labute approximate surface area is 228 Å².